The summed E-state index contributed by atoms with van der Waals surface area (Å²) in [6.07, 6.45) is 5.40. The van der Waals surface area contributed by atoms with Crippen molar-refractivity contribution in [3.05, 3.63) is 66.0 Å². The lowest BCUT2D eigenvalue weighted by Crippen LogP contribution is -2.08. The minimum Gasteiger partial charge on any atom is -0.440 e. The Labute approximate surface area is 116 Å². The third kappa shape index (κ3) is 1.86. The molecule has 94 valence electrons. The maximum Gasteiger partial charge on any atom is 0.204 e. The number of rotatable bonds is 1. The topological polar surface area (TPSA) is 61.7 Å². The molecule has 0 bridgehead atoms. The van der Waals surface area contributed by atoms with Crippen molar-refractivity contribution in [1.29, 1.82) is 10.5 Å². The lowest BCUT2D eigenvalue weighted by molar-refractivity contribution is 0.474. The van der Waals surface area contributed by atoms with Crippen LogP contribution in [0.5, 0.6) is 5.75 Å². The molecule has 3 rings (SSSR count). The number of para-hydroxylation sites is 1. The van der Waals surface area contributed by atoms with Gasteiger partial charge >= 0.3 is 0 Å². The molecule has 20 heavy (non-hydrogen) atoms. The fraction of sp³-hybridized carbons (Fsp3) is 0. The Morgan fingerprint density at radius 1 is 1.00 bits per heavy atom. The standard InChI is InChI=1S/C16H9N3O/c17-10-12(11-18)14-9-16(19-7-3-4-8-19)20-15-6-2-1-5-13(14)15/h1-9H. The summed E-state index contributed by atoms with van der Waals surface area (Å²) in [7, 11) is 0. The molecular weight excluding hydrogens is 250 g/mol. The number of nitrogens with zero attached hydrogens (tertiary/aromatic N) is 3. The summed E-state index contributed by atoms with van der Waals surface area (Å²) in [5, 5.41) is 18.2. The molecule has 1 aliphatic rings. The van der Waals surface area contributed by atoms with Gasteiger partial charge in [-0.1, -0.05) is 18.2 Å². The molecule has 2 heterocycles. The van der Waals surface area contributed by atoms with Gasteiger partial charge in [0.15, 0.2) is 0 Å². The Bertz CT molecular complexity index is 783. The molecule has 2 aromatic rings. The fourth-order valence-corrected chi connectivity index (χ4v) is 2.08. The van der Waals surface area contributed by atoms with Gasteiger partial charge in [0.25, 0.3) is 0 Å². The van der Waals surface area contributed by atoms with Crippen molar-refractivity contribution in [3.8, 4) is 17.9 Å². The highest BCUT2D eigenvalue weighted by atomic mass is 16.5. The van der Waals surface area contributed by atoms with E-state index in [0.717, 1.165) is 5.56 Å². The molecule has 0 N–H and O–H groups in total. The van der Waals surface area contributed by atoms with Crippen molar-refractivity contribution in [1.82, 2.24) is 4.57 Å². The van der Waals surface area contributed by atoms with E-state index in [1.54, 1.807) is 10.6 Å². The molecule has 4 heteroatoms. The Morgan fingerprint density at radius 2 is 1.70 bits per heavy atom. The summed E-state index contributed by atoms with van der Waals surface area (Å²) in [6, 6.07) is 15.0. The van der Waals surface area contributed by atoms with Crippen LogP contribution in [0.4, 0.5) is 0 Å². The van der Waals surface area contributed by atoms with Crippen molar-refractivity contribution >= 4 is 11.5 Å². The Morgan fingerprint density at radius 3 is 2.40 bits per heavy atom. The summed E-state index contributed by atoms with van der Waals surface area (Å²) in [4.78, 5) is 0. The molecule has 0 saturated carbocycles. The van der Waals surface area contributed by atoms with Gasteiger partial charge in [0, 0.05) is 29.6 Å². The molecule has 0 unspecified atom stereocenters. The normalized spacial score (nSPS) is 12.5. The van der Waals surface area contributed by atoms with Crippen LogP contribution in [-0.4, -0.2) is 4.57 Å². The van der Waals surface area contributed by atoms with E-state index >= 15 is 0 Å². The number of allylic oxidation sites excluding steroid dienone is 3. The molecule has 1 aromatic carbocycles. The SMILES string of the molecule is N#CC(C#N)=C1C=C(n2cccc2)Oc2ccccc21. The second kappa shape index (κ2) is 4.79. The molecule has 1 aromatic heterocycles. The van der Waals surface area contributed by atoms with Gasteiger partial charge in [0.1, 0.15) is 23.5 Å². The number of fused-ring (bicyclic) bond motifs is 1. The molecule has 0 amide bonds. The fourth-order valence-electron chi connectivity index (χ4n) is 2.08. The van der Waals surface area contributed by atoms with E-state index in [1.165, 1.54) is 0 Å². The van der Waals surface area contributed by atoms with E-state index in [-0.39, 0.29) is 5.57 Å². The summed E-state index contributed by atoms with van der Waals surface area (Å²) in [6.45, 7) is 0. The van der Waals surface area contributed by atoms with Crippen LogP contribution in [0.25, 0.3) is 11.5 Å². The first kappa shape index (κ1) is 11.8. The van der Waals surface area contributed by atoms with Crippen LogP contribution >= 0.6 is 0 Å². The number of nitriles is 2. The Kier molecular flexibility index (Phi) is 2.84. The summed E-state index contributed by atoms with van der Waals surface area (Å²) >= 11 is 0. The molecule has 1 aliphatic heterocycles. The van der Waals surface area contributed by atoms with E-state index in [9.17, 15) is 0 Å². The zero-order valence-corrected chi connectivity index (χ0v) is 10.4. The number of hydrogen-bond acceptors (Lipinski definition) is 3. The van der Waals surface area contributed by atoms with Gasteiger partial charge in [-0.2, -0.15) is 10.5 Å². The zero-order valence-electron chi connectivity index (χ0n) is 10.4. The van der Waals surface area contributed by atoms with Crippen LogP contribution in [-0.2, 0) is 0 Å². The third-order valence-corrected chi connectivity index (χ3v) is 3.01. The maximum absolute atomic E-state index is 9.11. The van der Waals surface area contributed by atoms with Crippen molar-refractivity contribution in [2.75, 3.05) is 0 Å². The van der Waals surface area contributed by atoms with Crippen LogP contribution in [0.3, 0.4) is 0 Å². The Balaban J connectivity index is 2.24. The van der Waals surface area contributed by atoms with E-state index in [1.807, 2.05) is 60.9 Å². The lowest BCUT2D eigenvalue weighted by atomic mass is 9.98. The first-order valence-corrected chi connectivity index (χ1v) is 6.00. The molecule has 4 nitrogen and oxygen atoms in total. The van der Waals surface area contributed by atoms with Crippen molar-refractivity contribution in [3.63, 3.8) is 0 Å². The van der Waals surface area contributed by atoms with E-state index < -0.39 is 0 Å². The molecule has 0 spiro atoms. The highest BCUT2D eigenvalue weighted by Crippen LogP contribution is 2.36. The predicted molar refractivity (Wildman–Crippen MR) is 73.9 cm³/mol. The highest BCUT2D eigenvalue weighted by Gasteiger charge is 2.20. The number of benzene rings is 1. The molecule has 0 aliphatic carbocycles. The van der Waals surface area contributed by atoms with E-state index in [0.29, 0.717) is 17.2 Å². The average Bonchev–Trinajstić information content (AvgIpc) is 3.02. The monoisotopic (exact) mass is 259 g/mol. The smallest absolute Gasteiger partial charge is 0.204 e. The van der Waals surface area contributed by atoms with E-state index in [4.69, 9.17) is 15.3 Å². The van der Waals surface area contributed by atoms with E-state index in [2.05, 4.69) is 0 Å². The van der Waals surface area contributed by atoms with Gasteiger partial charge in [-0.25, -0.2) is 0 Å². The van der Waals surface area contributed by atoms with Gasteiger partial charge in [-0.15, -0.1) is 0 Å². The first-order chi connectivity index (χ1) is 9.83. The minimum atomic E-state index is 0.0745. The Hall–Kier alpha value is -3.24. The average molecular weight is 259 g/mol. The molecule has 0 saturated heterocycles. The lowest BCUT2D eigenvalue weighted by Gasteiger charge is -2.20. The van der Waals surface area contributed by atoms with Crippen LogP contribution in [0.2, 0.25) is 0 Å². The van der Waals surface area contributed by atoms with Crippen LogP contribution in [0.15, 0.2) is 60.4 Å². The second-order valence-corrected chi connectivity index (χ2v) is 4.18. The zero-order chi connectivity index (χ0) is 13.9. The first-order valence-electron chi connectivity index (χ1n) is 6.00. The minimum absolute atomic E-state index is 0.0745. The molecule has 0 fully saturated rings. The second-order valence-electron chi connectivity index (χ2n) is 4.18. The summed E-state index contributed by atoms with van der Waals surface area (Å²) < 4.78 is 7.61. The largest absolute Gasteiger partial charge is 0.440 e. The van der Waals surface area contributed by atoms with Gasteiger partial charge in [0.05, 0.1) is 0 Å². The summed E-state index contributed by atoms with van der Waals surface area (Å²) in [5.74, 6) is 1.20. The van der Waals surface area contributed by atoms with Gasteiger partial charge < -0.3 is 4.74 Å². The van der Waals surface area contributed by atoms with Gasteiger partial charge in [0.2, 0.25) is 5.88 Å². The predicted octanol–water partition coefficient (Wildman–Crippen LogP) is 3.18. The maximum atomic E-state index is 9.11. The number of aromatic nitrogens is 1. The third-order valence-electron chi connectivity index (χ3n) is 3.01. The van der Waals surface area contributed by atoms with Crippen LogP contribution in [0, 0.1) is 22.7 Å². The quantitative estimate of drug-likeness (QED) is 0.739. The van der Waals surface area contributed by atoms with Crippen LogP contribution < -0.4 is 4.74 Å². The number of ether oxygens (including phenoxy) is 1. The van der Waals surface area contributed by atoms with Gasteiger partial charge in [-0.05, 0) is 18.2 Å². The van der Waals surface area contributed by atoms with Crippen molar-refractivity contribution < 1.29 is 4.74 Å². The summed E-state index contributed by atoms with van der Waals surface area (Å²) in [5.41, 5.74) is 1.41. The molecular formula is C16H9N3O. The van der Waals surface area contributed by atoms with Crippen LogP contribution in [0.1, 0.15) is 5.56 Å². The molecule has 0 atom stereocenters. The number of hydrogen-bond donors (Lipinski definition) is 0. The highest BCUT2D eigenvalue weighted by molar-refractivity contribution is 5.89. The van der Waals surface area contributed by atoms with Gasteiger partial charge in [-0.3, -0.25) is 4.57 Å². The molecule has 0 radical (unpaired) electrons. The van der Waals surface area contributed by atoms with Crippen molar-refractivity contribution in [2.24, 2.45) is 0 Å². The van der Waals surface area contributed by atoms with Crippen molar-refractivity contribution in [2.45, 2.75) is 0 Å².